The summed E-state index contributed by atoms with van der Waals surface area (Å²) in [6, 6.07) is 0.704. The highest BCUT2D eigenvalue weighted by Crippen LogP contribution is 2.55. The number of nitrogens with one attached hydrogen (secondary N) is 1. The maximum absolute atomic E-state index is 4.12. The molecule has 0 heterocycles. The maximum atomic E-state index is 4.12. The molecule has 1 N–H and O–H groups in total. The molecule has 1 nitrogen and oxygen atoms in total. The van der Waals surface area contributed by atoms with E-state index in [1.807, 2.05) is 0 Å². The Balaban J connectivity index is 1.83. The molecule has 0 amide bonds. The van der Waals surface area contributed by atoms with Gasteiger partial charge in [0.25, 0.3) is 0 Å². The third kappa shape index (κ3) is 2.03. The lowest BCUT2D eigenvalue weighted by atomic mass is 9.89. The molecule has 0 saturated heterocycles. The zero-order valence-corrected chi connectivity index (χ0v) is 9.55. The van der Waals surface area contributed by atoms with Crippen molar-refractivity contribution in [1.82, 2.24) is 5.32 Å². The van der Waals surface area contributed by atoms with Crippen molar-refractivity contribution in [2.45, 2.75) is 45.1 Å². The average Bonchev–Trinajstić information content (AvgIpc) is 2.82. The molecule has 1 heteroatoms. The lowest BCUT2D eigenvalue weighted by Gasteiger charge is -2.25. The van der Waals surface area contributed by atoms with Crippen LogP contribution in [0.15, 0.2) is 12.2 Å². The molecular formula is C13H23N. The molecule has 2 aliphatic carbocycles. The van der Waals surface area contributed by atoms with Crippen LogP contribution >= 0.6 is 0 Å². The fourth-order valence-corrected chi connectivity index (χ4v) is 3.05. The van der Waals surface area contributed by atoms with Gasteiger partial charge in [0, 0.05) is 6.04 Å². The number of fused-ring (bicyclic) bond motifs is 1. The van der Waals surface area contributed by atoms with E-state index in [4.69, 9.17) is 0 Å². The van der Waals surface area contributed by atoms with E-state index in [1.165, 1.54) is 31.3 Å². The third-order valence-electron chi connectivity index (χ3n) is 4.23. The summed E-state index contributed by atoms with van der Waals surface area (Å²) in [5.41, 5.74) is 1.41. The van der Waals surface area contributed by atoms with E-state index in [0.717, 1.165) is 24.2 Å². The normalized spacial score (nSPS) is 36.6. The standard InChI is InChI=1S/C13H23N/c1-4-9(2)5-13(14-3)12-7-10-6-11(10)8-12/h10-14H,2,4-8H2,1,3H3. The largest absolute Gasteiger partial charge is 0.316 e. The molecule has 14 heavy (non-hydrogen) atoms. The van der Waals surface area contributed by atoms with Crippen LogP contribution in [-0.4, -0.2) is 13.1 Å². The molecule has 0 bridgehead atoms. The van der Waals surface area contributed by atoms with Crippen LogP contribution in [0.5, 0.6) is 0 Å². The molecule has 2 rings (SSSR count). The molecule has 2 saturated carbocycles. The minimum Gasteiger partial charge on any atom is -0.316 e. The minimum atomic E-state index is 0.704. The van der Waals surface area contributed by atoms with Crippen LogP contribution in [0.3, 0.4) is 0 Å². The first-order valence-electron chi connectivity index (χ1n) is 6.08. The summed E-state index contributed by atoms with van der Waals surface area (Å²) in [4.78, 5) is 0. The van der Waals surface area contributed by atoms with Crippen LogP contribution in [0, 0.1) is 17.8 Å². The summed E-state index contributed by atoms with van der Waals surface area (Å²) >= 11 is 0. The molecule has 3 atom stereocenters. The van der Waals surface area contributed by atoms with Crippen LogP contribution in [0.1, 0.15) is 39.0 Å². The highest BCUT2D eigenvalue weighted by Gasteiger charge is 2.47. The van der Waals surface area contributed by atoms with E-state index < -0.39 is 0 Å². The highest BCUT2D eigenvalue weighted by molar-refractivity contribution is 5.03. The lowest BCUT2D eigenvalue weighted by molar-refractivity contribution is 0.347. The molecule has 2 aliphatic rings. The first-order chi connectivity index (χ1) is 6.74. The van der Waals surface area contributed by atoms with E-state index >= 15 is 0 Å². The summed E-state index contributed by atoms with van der Waals surface area (Å²) < 4.78 is 0. The monoisotopic (exact) mass is 193 g/mol. The molecule has 0 aliphatic heterocycles. The molecule has 0 aromatic carbocycles. The smallest absolute Gasteiger partial charge is 0.0130 e. The average molecular weight is 193 g/mol. The van der Waals surface area contributed by atoms with Crippen molar-refractivity contribution in [2.75, 3.05) is 7.05 Å². The summed E-state index contributed by atoms with van der Waals surface area (Å²) in [5, 5.41) is 3.49. The number of rotatable bonds is 5. The topological polar surface area (TPSA) is 12.0 Å². The molecule has 0 spiro atoms. The Labute approximate surface area is 88.0 Å². The fraction of sp³-hybridized carbons (Fsp3) is 0.846. The van der Waals surface area contributed by atoms with Gasteiger partial charge in [0.1, 0.15) is 0 Å². The van der Waals surface area contributed by atoms with Crippen molar-refractivity contribution in [3.8, 4) is 0 Å². The molecule has 0 radical (unpaired) electrons. The second kappa shape index (κ2) is 4.06. The fourth-order valence-electron chi connectivity index (χ4n) is 3.05. The Morgan fingerprint density at radius 2 is 2.00 bits per heavy atom. The highest BCUT2D eigenvalue weighted by atomic mass is 14.9. The van der Waals surface area contributed by atoms with Gasteiger partial charge >= 0.3 is 0 Å². The Morgan fingerprint density at radius 1 is 1.36 bits per heavy atom. The predicted molar refractivity (Wildman–Crippen MR) is 61.2 cm³/mol. The molecule has 80 valence electrons. The summed E-state index contributed by atoms with van der Waals surface area (Å²) in [7, 11) is 2.11. The first kappa shape index (κ1) is 10.2. The Morgan fingerprint density at radius 3 is 2.50 bits per heavy atom. The van der Waals surface area contributed by atoms with Gasteiger partial charge in [-0.05, 0) is 56.9 Å². The van der Waals surface area contributed by atoms with Crippen LogP contribution in [-0.2, 0) is 0 Å². The zero-order valence-electron chi connectivity index (χ0n) is 9.55. The predicted octanol–water partition coefficient (Wildman–Crippen LogP) is 2.98. The Hall–Kier alpha value is -0.300. The van der Waals surface area contributed by atoms with E-state index in [9.17, 15) is 0 Å². The Bertz CT molecular complexity index is 211. The van der Waals surface area contributed by atoms with Gasteiger partial charge in [-0.15, -0.1) is 0 Å². The van der Waals surface area contributed by atoms with Crippen LogP contribution < -0.4 is 5.32 Å². The van der Waals surface area contributed by atoms with Gasteiger partial charge in [-0.25, -0.2) is 0 Å². The van der Waals surface area contributed by atoms with Crippen LogP contribution in [0.2, 0.25) is 0 Å². The second-order valence-electron chi connectivity index (χ2n) is 5.19. The van der Waals surface area contributed by atoms with Gasteiger partial charge in [-0.3, -0.25) is 0 Å². The molecule has 2 fully saturated rings. The van der Waals surface area contributed by atoms with Gasteiger partial charge in [0.05, 0.1) is 0 Å². The maximum Gasteiger partial charge on any atom is 0.0130 e. The molecule has 3 unspecified atom stereocenters. The van der Waals surface area contributed by atoms with Gasteiger partial charge in [-0.1, -0.05) is 19.1 Å². The van der Waals surface area contributed by atoms with Gasteiger partial charge in [0.15, 0.2) is 0 Å². The quantitative estimate of drug-likeness (QED) is 0.662. The van der Waals surface area contributed by atoms with Gasteiger partial charge in [-0.2, -0.15) is 0 Å². The first-order valence-corrected chi connectivity index (χ1v) is 6.08. The van der Waals surface area contributed by atoms with Crippen LogP contribution in [0.25, 0.3) is 0 Å². The summed E-state index contributed by atoms with van der Waals surface area (Å²) in [5.74, 6) is 3.14. The SMILES string of the molecule is C=C(CC)CC(NC)C1CC2CC2C1. The molecule has 0 aromatic rings. The van der Waals surface area contributed by atoms with Crippen molar-refractivity contribution >= 4 is 0 Å². The van der Waals surface area contributed by atoms with Gasteiger partial charge in [0.2, 0.25) is 0 Å². The molecular weight excluding hydrogens is 170 g/mol. The lowest BCUT2D eigenvalue weighted by Crippen LogP contribution is -2.33. The van der Waals surface area contributed by atoms with Crippen molar-refractivity contribution < 1.29 is 0 Å². The number of hydrogen-bond donors (Lipinski definition) is 1. The van der Waals surface area contributed by atoms with Crippen molar-refractivity contribution in [1.29, 1.82) is 0 Å². The third-order valence-corrected chi connectivity index (χ3v) is 4.23. The van der Waals surface area contributed by atoms with Crippen molar-refractivity contribution in [3.63, 3.8) is 0 Å². The molecule has 0 aromatic heterocycles. The second-order valence-corrected chi connectivity index (χ2v) is 5.19. The van der Waals surface area contributed by atoms with Crippen molar-refractivity contribution in [2.24, 2.45) is 17.8 Å². The summed E-state index contributed by atoms with van der Waals surface area (Å²) in [6.45, 7) is 6.33. The minimum absolute atomic E-state index is 0.704. The van der Waals surface area contributed by atoms with E-state index in [2.05, 4.69) is 25.9 Å². The van der Waals surface area contributed by atoms with Gasteiger partial charge < -0.3 is 5.32 Å². The van der Waals surface area contributed by atoms with E-state index in [0.29, 0.717) is 6.04 Å². The number of hydrogen-bond acceptors (Lipinski definition) is 1. The zero-order chi connectivity index (χ0) is 10.1. The van der Waals surface area contributed by atoms with Crippen molar-refractivity contribution in [3.05, 3.63) is 12.2 Å². The Kier molecular flexibility index (Phi) is 2.96. The van der Waals surface area contributed by atoms with Crippen LogP contribution in [0.4, 0.5) is 0 Å². The van der Waals surface area contributed by atoms with E-state index in [-0.39, 0.29) is 0 Å². The van der Waals surface area contributed by atoms with E-state index in [1.54, 1.807) is 0 Å². The summed E-state index contributed by atoms with van der Waals surface area (Å²) in [6.07, 6.45) is 6.82.